The fourth-order valence-electron chi connectivity index (χ4n) is 1.58. The Kier molecular flexibility index (Phi) is 2.63. The molecule has 0 saturated carbocycles. The second-order valence-electron chi connectivity index (χ2n) is 3.60. The zero-order chi connectivity index (χ0) is 13.1. The van der Waals surface area contributed by atoms with E-state index in [-0.39, 0.29) is 11.4 Å². The van der Waals surface area contributed by atoms with Crippen LogP contribution >= 0.6 is 0 Å². The summed E-state index contributed by atoms with van der Waals surface area (Å²) in [4.78, 5) is 0. The van der Waals surface area contributed by atoms with Crippen molar-refractivity contribution in [2.24, 2.45) is 0 Å². The first-order valence-corrected chi connectivity index (χ1v) is 5.32. The summed E-state index contributed by atoms with van der Waals surface area (Å²) in [6.07, 6.45) is 3.11. The SMILES string of the molecule is N#CC(=CNc1cccc2cnoc12)c1nn[nH]n1. The lowest BCUT2D eigenvalue weighted by atomic mass is 10.2. The van der Waals surface area contributed by atoms with E-state index in [1.165, 1.54) is 6.20 Å². The van der Waals surface area contributed by atoms with Crippen LogP contribution in [0.15, 0.2) is 35.1 Å². The van der Waals surface area contributed by atoms with Gasteiger partial charge in [-0.25, -0.2) is 0 Å². The van der Waals surface area contributed by atoms with Crippen molar-refractivity contribution >= 4 is 22.2 Å². The Morgan fingerprint density at radius 2 is 2.42 bits per heavy atom. The first-order valence-electron chi connectivity index (χ1n) is 5.32. The highest BCUT2D eigenvalue weighted by molar-refractivity contribution is 5.89. The van der Waals surface area contributed by atoms with Gasteiger partial charge in [-0.05, 0) is 17.3 Å². The third-order valence-electron chi connectivity index (χ3n) is 2.46. The third kappa shape index (κ3) is 2.00. The number of anilines is 1. The molecule has 2 heterocycles. The lowest BCUT2D eigenvalue weighted by molar-refractivity contribution is 0.457. The highest BCUT2D eigenvalue weighted by Crippen LogP contribution is 2.23. The average Bonchev–Trinajstić information content (AvgIpc) is 3.10. The molecule has 0 aliphatic rings. The van der Waals surface area contributed by atoms with E-state index in [2.05, 4.69) is 31.1 Å². The second-order valence-corrected chi connectivity index (χ2v) is 3.60. The van der Waals surface area contributed by atoms with Crippen LogP contribution in [0, 0.1) is 11.3 Å². The average molecular weight is 253 g/mol. The molecule has 0 aliphatic carbocycles. The minimum Gasteiger partial charge on any atom is -0.357 e. The molecular weight excluding hydrogens is 246 g/mol. The molecule has 0 amide bonds. The smallest absolute Gasteiger partial charge is 0.216 e. The number of nitrogens with one attached hydrogen (secondary N) is 2. The highest BCUT2D eigenvalue weighted by Gasteiger charge is 2.07. The summed E-state index contributed by atoms with van der Waals surface area (Å²) >= 11 is 0. The van der Waals surface area contributed by atoms with Gasteiger partial charge in [0.1, 0.15) is 11.6 Å². The van der Waals surface area contributed by atoms with Crippen LogP contribution in [0.3, 0.4) is 0 Å². The van der Waals surface area contributed by atoms with E-state index in [0.29, 0.717) is 11.3 Å². The van der Waals surface area contributed by atoms with Crippen LogP contribution in [0.1, 0.15) is 5.82 Å². The molecule has 3 aromatic rings. The van der Waals surface area contributed by atoms with Gasteiger partial charge in [0, 0.05) is 11.6 Å². The topological polar surface area (TPSA) is 116 Å². The van der Waals surface area contributed by atoms with Gasteiger partial charge >= 0.3 is 0 Å². The molecule has 0 saturated heterocycles. The van der Waals surface area contributed by atoms with Crippen molar-refractivity contribution in [1.29, 1.82) is 5.26 Å². The number of H-pyrrole nitrogens is 1. The molecule has 0 bridgehead atoms. The van der Waals surface area contributed by atoms with Gasteiger partial charge < -0.3 is 9.84 Å². The second kappa shape index (κ2) is 4.58. The first kappa shape index (κ1) is 10.9. The van der Waals surface area contributed by atoms with Crippen molar-refractivity contribution in [2.45, 2.75) is 0 Å². The summed E-state index contributed by atoms with van der Waals surface area (Å²) in [5, 5.41) is 29.8. The van der Waals surface area contributed by atoms with Crippen LogP contribution in [0.5, 0.6) is 0 Å². The molecule has 2 N–H and O–H groups in total. The molecule has 0 spiro atoms. The van der Waals surface area contributed by atoms with Crippen LogP contribution in [-0.2, 0) is 0 Å². The Morgan fingerprint density at radius 1 is 1.47 bits per heavy atom. The van der Waals surface area contributed by atoms with Crippen molar-refractivity contribution in [3.8, 4) is 6.07 Å². The Balaban J connectivity index is 1.93. The van der Waals surface area contributed by atoms with Crippen LogP contribution < -0.4 is 5.32 Å². The number of allylic oxidation sites excluding steroid dienone is 1. The monoisotopic (exact) mass is 253 g/mol. The van der Waals surface area contributed by atoms with Gasteiger partial charge in [0.15, 0.2) is 5.58 Å². The first-order chi connectivity index (χ1) is 9.38. The highest BCUT2D eigenvalue weighted by atomic mass is 16.5. The summed E-state index contributed by atoms with van der Waals surface area (Å²) in [5.41, 5.74) is 1.57. The number of hydrogen-bond acceptors (Lipinski definition) is 7. The number of para-hydroxylation sites is 1. The number of hydrogen-bond donors (Lipinski definition) is 2. The summed E-state index contributed by atoms with van der Waals surface area (Å²) in [6, 6.07) is 7.54. The van der Waals surface area contributed by atoms with E-state index < -0.39 is 0 Å². The Bertz CT molecular complexity index is 766. The van der Waals surface area contributed by atoms with Gasteiger partial charge in [-0.1, -0.05) is 11.2 Å². The molecule has 0 radical (unpaired) electrons. The Morgan fingerprint density at radius 3 is 3.21 bits per heavy atom. The minimum atomic E-state index is 0.222. The maximum atomic E-state index is 9.03. The molecule has 8 nitrogen and oxygen atoms in total. The van der Waals surface area contributed by atoms with Crippen LogP contribution in [-0.4, -0.2) is 25.8 Å². The Hall–Kier alpha value is -3.21. The lowest BCUT2D eigenvalue weighted by Crippen LogP contribution is -1.93. The van der Waals surface area contributed by atoms with Crippen molar-refractivity contribution in [3.63, 3.8) is 0 Å². The third-order valence-corrected chi connectivity index (χ3v) is 2.46. The van der Waals surface area contributed by atoms with E-state index in [1.54, 1.807) is 6.20 Å². The summed E-state index contributed by atoms with van der Waals surface area (Å²) in [5.74, 6) is 0.222. The molecule has 92 valence electrons. The van der Waals surface area contributed by atoms with E-state index in [9.17, 15) is 0 Å². The van der Waals surface area contributed by atoms with Gasteiger partial charge in [-0.3, -0.25) is 0 Å². The maximum Gasteiger partial charge on any atom is 0.216 e. The van der Waals surface area contributed by atoms with Gasteiger partial charge in [-0.15, -0.1) is 10.2 Å². The van der Waals surface area contributed by atoms with Gasteiger partial charge in [0.2, 0.25) is 5.82 Å². The molecule has 0 unspecified atom stereocenters. The van der Waals surface area contributed by atoms with Gasteiger partial charge in [0.05, 0.1) is 11.9 Å². The molecule has 8 heteroatoms. The van der Waals surface area contributed by atoms with Gasteiger partial charge in [0.25, 0.3) is 0 Å². The normalized spacial score (nSPS) is 11.4. The molecule has 2 aromatic heterocycles. The molecule has 0 atom stereocenters. The Labute approximate surface area is 106 Å². The van der Waals surface area contributed by atoms with Crippen molar-refractivity contribution < 1.29 is 4.52 Å². The number of fused-ring (bicyclic) bond motifs is 1. The van der Waals surface area contributed by atoms with E-state index >= 15 is 0 Å². The number of aromatic nitrogens is 5. The molecular formula is C11H7N7O. The zero-order valence-corrected chi connectivity index (χ0v) is 9.53. The number of nitrogens with zero attached hydrogens (tertiary/aromatic N) is 5. The van der Waals surface area contributed by atoms with Crippen LogP contribution in [0.4, 0.5) is 5.69 Å². The lowest BCUT2D eigenvalue weighted by Gasteiger charge is -2.00. The van der Waals surface area contributed by atoms with Crippen LogP contribution in [0.2, 0.25) is 0 Å². The van der Waals surface area contributed by atoms with Crippen molar-refractivity contribution in [2.75, 3.05) is 5.32 Å². The minimum absolute atomic E-state index is 0.222. The van der Waals surface area contributed by atoms with Crippen molar-refractivity contribution in [1.82, 2.24) is 25.8 Å². The number of nitriles is 1. The van der Waals surface area contributed by atoms with Gasteiger partial charge in [-0.2, -0.15) is 10.5 Å². The fourth-order valence-corrected chi connectivity index (χ4v) is 1.58. The number of rotatable bonds is 3. The summed E-state index contributed by atoms with van der Waals surface area (Å²) in [6.45, 7) is 0. The molecule has 0 fully saturated rings. The predicted octanol–water partition coefficient (Wildman–Crippen LogP) is 1.32. The maximum absolute atomic E-state index is 9.03. The molecule has 0 aliphatic heterocycles. The molecule has 1 aromatic carbocycles. The summed E-state index contributed by atoms with van der Waals surface area (Å²) in [7, 11) is 0. The molecule has 3 rings (SSSR count). The quantitative estimate of drug-likeness (QED) is 0.676. The van der Waals surface area contributed by atoms with E-state index in [0.717, 1.165) is 5.39 Å². The molecule has 19 heavy (non-hydrogen) atoms. The zero-order valence-electron chi connectivity index (χ0n) is 9.53. The van der Waals surface area contributed by atoms with Crippen molar-refractivity contribution in [3.05, 3.63) is 36.4 Å². The van der Waals surface area contributed by atoms with Crippen LogP contribution in [0.25, 0.3) is 16.5 Å². The standard InChI is InChI=1S/C11H7N7O/c12-4-8(11-15-17-18-16-11)5-13-9-3-1-2-7-6-14-19-10(7)9/h1-3,5-6,13H,(H,15,16,17,18). The predicted molar refractivity (Wildman–Crippen MR) is 65.4 cm³/mol. The summed E-state index contributed by atoms with van der Waals surface area (Å²) < 4.78 is 5.13. The number of tetrazole rings is 1. The van der Waals surface area contributed by atoms with E-state index in [1.807, 2.05) is 24.3 Å². The number of benzene rings is 1. The largest absolute Gasteiger partial charge is 0.357 e. The fraction of sp³-hybridized carbons (Fsp3) is 0. The number of aromatic amines is 1. The van der Waals surface area contributed by atoms with E-state index in [4.69, 9.17) is 9.78 Å².